The number of aryl methyl sites for hydroxylation is 1. The van der Waals surface area contributed by atoms with Gasteiger partial charge in [-0.1, -0.05) is 18.2 Å². The quantitative estimate of drug-likeness (QED) is 0.546. The first-order chi connectivity index (χ1) is 16.0. The number of hydrogen-bond acceptors (Lipinski definition) is 6. The predicted octanol–water partition coefficient (Wildman–Crippen LogP) is 4.87. The van der Waals surface area contributed by atoms with Crippen LogP contribution in [-0.2, 0) is 22.4 Å². The van der Waals surface area contributed by atoms with E-state index in [1.165, 1.54) is 24.3 Å². The Morgan fingerprint density at radius 2 is 1.91 bits per heavy atom. The minimum atomic E-state index is -4.74. The number of rotatable bonds is 5. The van der Waals surface area contributed by atoms with Crippen molar-refractivity contribution in [1.82, 2.24) is 4.98 Å². The van der Waals surface area contributed by atoms with Crippen molar-refractivity contribution in [3.63, 3.8) is 0 Å². The molecule has 11 heteroatoms. The molecule has 0 fully saturated rings. The van der Waals surface area contributed by atoms with Gasteiger partial charge in [0.1, 0.15) is 5.56 Å². The highest BCUT2D eigenvalue weighted by Crippen LogP contribution is 2.39. The molecule has 0 atom stereocenters. The van der Waals surface area contributed by atoms with Gasteiger partial charge in [0, 0.05) is 18.1 Å². The summed E-state index contributed by atoms with van der Waals surface area (Å²) in [5.41, 5.74) is -0.662. The van der Waals surface area contributed by atoms with Crippen molar-refractivity contribution >= 4 is 21.4 Å². The van der Waals surface area contributed by atoms with Gasteiger partial charge in [-0.05, 0) is 48.7 Å². The molecular formula is C23H19F3N2O5S. The highest BCUT2D eigenvalue weighted by atomic mass is 32.2. The van der Waals surface area contributed by atoms with Crippen LogP contribution in [-0.4, -0.2) is 32.2 Å². The molecule has 178 valence electrons. The highest BCUT2D eigenvalue weighted by Gasteiger charge is 2.33. The number of hydrogen-bond donors (Lipinski definition) is 1. The van der Waals surface area contributed by atoms with Crippen LogP contribution < -0.4 is 14.8 Å². The maximum atomic E-state index is 13.3. The third kappa shape index (κ3) is 5.14. The molecule has 7 nitrogen and oxygen atoms in total. The fraction of sp³-hybridized carbons (Fsp3) is 0.217. The number of nitrogens with one attached hydrogen (secondary N) is 1. The molecule has 2 aromatic carbocycles. The second-order valence-corrected chi connectivity index (χ2v) is 9.64. The molecule has 0 radical (unpaired) electrons. The Hall–Kier alpha value is -3.60. The number of carbonyl (C=O) groups excluding carboxylic acids is 1. The number of nitrogens with zero attached hydrogens (tertiary/aromatic N) is 1. The van der Waals surface area contributed by atoms with E-state index < -0.39 is 33.0 Å². The van der Waals surface area contributed by atoms with Gasteiger partial charge in [0.15, 0.2) is 21.3 Å². The van der Waals surface area contributed by atoms with E-state index in [0.29, 0.717) is 24.6 Å². The standard InChI is InChI=1S/C23H19F3N2O5S/c1-34(30,31)17-8-3-7-16(12-17)28-21(29)18-11-15(23(24,25)26)13-27-22(18)33-19-9-2-5-14-6-4-10-32-20(14)19/h2-3,5,7-9,11-13H,4,6,10H2,1H3,(H,28,29). The average molecular weight is 492 g/mol. The Morgan fingerprint density at radius 1 is 1.15 bits per heavy atom. The number of benzene rings is 2. The number of anilines is 1. The van der Waals surface area contributed by atoms with Crippen LogP contribution >= 0.6 is 0 Å². The number of fused-ring (bicyclic) bond motifs is 1. The Balaban J connectivity index is 1.71. The van der Waals surface area contributed by atoms with E-state index in [2.05, 4.69) is 10.3 Å². The summed E-state index contributed by atoms with van der Waals surface area (Å²) in [4.78, 5) is 16.7. The number of sulfone groups is 1. The van der Waals surface area contributed by atoms with Gasteiger partial charge >= 0.3 is 6.18 Å². The van der Waals surface area contributed by atoms with E-state index in [9.17, 15) is 26.4 Å². The maximum absolute atomic E-state index is 13.3. The molecule has 1 N–H and O–H groups in total. The lowest BCUT2D eigenvalue weighted by atomic mass is 10.1. The molecule has 1 aliphatic heterocycles. The van der Waals surface area contributed by atoms with Crippen LogP contribution in [0.1, 0.15) is 27.9 Å². The van der Waals surface area contributed by atoms with Gasteiger partial charge in [0.2, 0.25) is 5.88 Å². The zero-order valence-electron chi connectivity index (χ0n) is 17.8. The molecule has 0 bridgehead atoms. The number of aromatic nitrogens is 1. The SMILES string of the molecule is CS(=O)(=O)c1cccc(NC(=O)c2cc(C(F)(F)F)cnc2Oc2cccc3c2OCCC3)c1. The summed E-state index contributed by atoms with van der Waals surface area (Å²) in [6.07, 6.45) is -1.61. The first kappa shape index (κ1) is 23.6. The molecule has 0 aliphatic carbocycles. The minimum Gasteiger partial charge on any atom is -0.489 e. The third-order valence-corrected chi connectivity index (χ3v) is 6.16. The van der Waals surface area contributed by atoms with Crippen molar-refractivity contribution in [2.75, 3.05) is 18.2 Å². The Bertz CT molecular complexity index is 1360. The number of para-hydroxylation sites is 1. The van der Waals surface area contributed by atoms with E-state index in [1.807, 2.05) is 6.07 Å². The fourth-order valence-electron chi connectivity index (χ4n) is 3.40. The Kier molecular flexibility index (Phi) is 6.22. The van der Waals surface area contributed by atoms with Crippen molar-refractivity contribution < 1.29 is 35.9 Å². The summed E-state index contributed by atoms with van der Waals surface area (Å²) in [5.74, 6) is -0.641. The predicted molar refractivity (Wildman–Crippen MR) is 117 cm³/mol. The molecule has 1 aliphatic rings. The van der Waals surface area contributed by atoms with Crippen molar-refractivity contribution in [3.8, 4) is 17.4 Å². The van der Waals surface area contributed by atoms with E-state index in [-0.39, 0.29) is 22.2 Å². The number of halogens is 3. The fourth-order valence-corrected chi connectivity index (χ4v) is 4.06. The van der Waals surface area contributed by atoms with Crippen LogP contribution in [0.2, 0.25) is 0 Å². The van der Waals surface area contributed by atoms with Gasteiger partial charge in [-0.2, -0.15) is 13.2 Å². The molecule has 0 unspecified atom stereocenters. The van der Waals surface area contributed by atoms with Crippen LogP contribution in [0.5, 0.6) is 17.4 Å². The molecule has 2 heterocycles. The van der Waals surface area contributed by atoms with Gasteiger partial charge in [0.05, 0.1) is 17.1 Å². The molecule has 4 rings (SSSR count). The van der Waals surface area contributed by atoms with E-state index in [4.69, 9.17) is 9.47 Å². The van der Waals surface area contributed by atoms with Crippen LogP contribution in [0.25, 0.3) is 0 Å². The zero-order chi connectivity index (χ0) is 24.5. The van der Waals surface area contributed by atoms with Crippen LogP contribution in [0.3, 0.4) is 0 Å². The Labute approximate surface area is 193 Å². The molecule has 0 spiro atoms. The smallest absolute Gasteiger partial charge is 0.417 e. The topological polar surface area (TPSA) is 94.6 Å². The summed E-state index contributed by atoms with van der Waals surface area (Å²) in [5, 5.41) is 2.42. The summed E-state index contributed by atoms with van der Waals surface area (Å²) >= 11 is 0. The van der Waals surface area contributed by atoms with Crippen LogP contribution in [0.4, 0.5) is 18.9 Å². The first-order valence-electron chi connectivity index (χ1n) is 10.1. The summed E-state index contributed by atoms with van der Waals surface area (Å²) in [6, 6.07) is 11.1. The van der Waals surface area contributed by atoms with Gasteiger partial charge < -0.3 is 14.8 Å². The van der Waals surface area contributed by atoms with Crippen LogP contribution in [0, 0.1) is 0 Å². The minimum absolute atomic E-state index is 0.0583. The lowest BCUT2D eigenvalue weighted by molar-refractivity contribution is -0.137. The molecule has 1 aromatic heterocycles. The van der Waals surface area contributed by atoms with Crippen molar-refractivity contribution in [2.24, 2.45) is 0 Å². The van der Waals surface area contributed by atoms with Crippen molar-refractivity contribution in [3.05, 3.63) is 71.4 Å². The second kappa shape index (κ2) is 8.98. The van der Waals surface area contributed by atoms with E-state index >= 15 is 0 Å². The van der Waals surface area contributed by atoms with E-state index in [0.717, 1.165) is 24.7 Å². The van der Waals surface area contributed by atoms with Gasteiger partial charge in [-0.15, -0.1) is 0 Å². The summed E-state index contributed by atoms with van der Waals surface area (Å²) in [6.45, 7) is 0.456. The normalized spacial score (nSPS) is 13.5. The lowest BCUT2D eigenvalue weighted by Crippen LogP contribution is -2.17. The highest BCUT2D eigenvalue weighted by molar-refractivity contribution is 7.90. The number of alkyl halides is 3. The second-order valence-electron chi connectivity index (χ2n) is 7.63. The number of carbonyl (C=O) groups is 1. The van der Waals surface area contributed by atoms with E-state index in [1.54, 1.807) is 12.1 Å². The number of amides is 1. The van der Waals surface area contributed by atoms with Gasteiger partial charge in [0.25, 0.3) is 5.91 Å². The first-order valence-corrected chi connectivity index (χ1v) is 12.0. The molecule has 0 saturated heterocycles. The van der Waals surface area contributed by atoms with Gasteiger partial charge in [-0.3, -0.25) is 4.79 Å². The third-order valence-electron chi connectivity index (χ3n) is 5.05. The number of pyridine rings is 1. The maximum Gasteiger partial charge on any atom is 0.417 e. The van der Waals surface area contributed by atoms with Crippen LogP contribution in [0.15, 0.2) is 59.6 Å². The van der Waals surface area contributed by atoms with Gasteiger partial charge in [-0.25, -0.2) is 13.4 Å². The lowest BCUT2D eigenvalue weighted by Gasteiger charge is -2.20. The summed E-state index contributed by atoms with van der Waals surface area (Å²) in [7, 11) is -3.56. The van der Waals surface area contributed by atoms with Crippen molar-refractivity contribution in [1.29, 1.82) is 0 Å². The zero-order valence-corrected chi connectivity index (χ0v) is 18.7. The summed E-state index contributed by atoms with van der Waals surface area (Å²) < 4.78 is 75.0. The molecule has 34 heavy (non-hydrogen) atoms. The molecular weight excluding hydrogens is 473 g/mol. The Morgan fingerprint density at radius 3 is 2.65 bits per heavy atom. The molecule has 3 aromatic rings. The average Bonchev–Trinajstić information content (AvgIpc) is 2.78. The number of ether oxygens (including phenoxy) is 2. The van der Waals surface area contributed by atoms with Crippen molar-refractivity contribution in [2.45, 2.75) is 23.9 Å². The molecule has 1 amide bonds. The molecule has 0 saturated carbocycles. The monoisotopic (exact) mass is 492 g/mol. The largest absolute Gasteiger partial charge is 0.489 e.